The Balaban J connectivity index is 2.86. The zero-order valence-electron chi connectivity index (χ0n) is 14.5. The van der Waals surface area contributed by atoms with E-state index >= 15 is 0 Å². The summed E-state index contributed by atoms with van der Waals surface area (Å²) in [6.45, 7) is 10.8. The first-order valence-electron chi connectivity index (χ1n) is 8.05. The molecule has 0 aliphatic carbocycles. The molecule has 0 saturated carbocycles. The lowest BCUT2D eigenvalue weighted by Gasteiger charge is -2.23. The van der Waals surface area contributed by atoms with Gasteiger partial charge in [0.25, 0.3) is 0 Å². The number of nitrogens with two attached hydrogens (primary N) is 2. The second-order valence-electron chi connectivity index (χ2n) is 7.02. The number of halogens is 1. The van der Waals surface area contributed by atoms with Gasteiger partial charge in [-0.2, -0.15) is 0 Å². The van der Waals surface area contributed by atoms with Gasteiger partial charge < -0.3 is 11.5 Å². The fourth-order valence-electron chi connectivity index (χ4n) is 2.62. The fraction of sp³-hybridized carbons (Fsp3) is 0.611. The van der Waals surface area contributed by atoms with Crippen molar-refractivity contribution in [3.63, 3.8) is 0 Å². The van der Waals surface area contributed by atoms with Gasteiger partial charge in [-0.25, -0.2) is 0 Å². The highest BCUT2D eigenvalue weighted by atomic mass is 35.5. The van der Waals surface area contributed by atoms with Gasteiger partial charge in [0, 0.05) is 5.02 Å². The van der Waals surface area contributed by atoms with E-state index in [0.29, 0.717) is 0 Å². The molecule has 0 heterocycles. The smallest absolute Gasteiger partial charge is 0.186 e. The molecule has 0 bridgehead atoms. The standard InChI is InChI=1S/C18H30ClN3/c1-6-14-10-13(9-7-8-12(2)22-17(20)21)11-15(16(14)19)18(3,4)5/h10-12H,6-9H2,1-5H3,(H4,20,21,22)/t12-/m0/s1. The predicted molar refractivity (Wildman–Crippen MR) is 97.7 cm³/mol. The molecule has 0 amide bonds. The Morgan fingerprint density at radius 1 is 1.27 bits per heavy atom. The zero-order chi connectivity index (χ0) is 16.9. The third-order valence-corrected chi connectivity index (χ3v) is 4.30. The van der Waals surface area contributed by atoms with Gasteiger partial charge in [0.1, 0.15) is 0 Å². The number of benzene rings is 1. The summed E-state index contributed by atoms with van der Waals surface area (Å²) in [7, 11) is 0. The number of hydrogen-bond donors (Lipinski definition) is 2. The minimum atomic E-state index is 0.0581. The summed E-state index contributed by atoms with van der Waals surface area (Å²) in [6, 6.07) is 4.67. The highest BCUT2D eigenvalue weighted by Crippen LogP contribution is 2.33. The van der Waals surface area contributed by atoms with Gasteiger partial charge in [0.2, 0.25) is 0 Å². The summed E-state index contributed by atoms with van der Waals surface area (Å²) in [6.07, 6.45) is 4.02. The maximum absolute atomic E-state index is 6.56. The van der Waals surface area contributed by atoms with Crippen molar-refractivity contribution >= 4 is 17.6 Å². The van der Waals surface area contributed by atoms with Crippen molar-refractivity contribution in [1.82, 2.24) is 0 Å². The molecule has 124 valence electrons. The SMILES string of the molecule is CCc1cc(CCC[C@H](C)N=C(N)N)cc(C(C)(C)C)c1Cl. The Morgan fingerprint density at radius 3 is 2.41 bits per heavy atom. The van der Waals surface area contributed by atoms with Gasteiger partial charge in [-0.05, 0) is 54.7 Å². The molecule has 4 N–H and O–H groups in total. The molecule has 0 aromatic heterocycles. The van der Waals surface area contributed by atoms with Crippen LogP contribution in [-0.2, 0) is 18.3 Å². The monoisotopic (exact) mass is 323 g/mol. The van der Waals surface area contributed by atoms with Crippen LogP contribution in [0.2, 0.25) is 5.02 Å². The first kappa shape index (κ1) is 18.8. The Labute approximate surface area is 140 Å². The lowest BCUT2D eigenvalue weighted by atomic mass is 9.84. The van der Waals surface area contributed by atoms with Gasteiger partial charge >= 0.3 is 0 Å². The van der Waals surface area contributed by atoms with E-state index in [-0.39, 0.29) is 17.4 Å². The van der Waals surface area contributed by atoms with E-state index in [1.165, 1.54) is 16.7 Å². The van der Waals surface area contributed by atoms with E-state index in [4.69, 9.17) is 23.1 Å². The molecule has 1 atom stereocenters. The summed E-state index contributed by atoms with van der Waals surface area (Å²) in [5.41, 5.74) is 14.7. The number of rotatable bonds is 6. The molecule has 1 aromatic carbocycles. The maximum atomic E-state index is 6.56. The molecule has 0 radical (unpaired) electrons. The van der Waals surface area contributed by atoms with Crippen molar-refractivity contribution in [2.75, 3.05) is 0 Å². The summed E-state index contributed by atoms with van der Waals surface area (Å²) >= 11 is 6.56. The number of aliphatic imine (C=N–C) groups is 1. The molecule has 0 unspecified atom stereocenters. The van der Waals surface area contributed by atoms with Crippen LogP contribution in [0, 0.1) is 0 Å². The summed E-state index contributed by atoms with van der Waals surface area (Å²) in [4.78, 5) is 4.16. The van der Waals surface area contributed by atoms with Gasteiger partial charge in [-0.1, -0.05) is 51.4 Å². The van der Waals surface area contributed by atoms with Crippen molar-refractivity contribution in [2.45, 2.75) is 71.8 Å². The number of guanidine groups is 1. The molecule has 22 heavy (non-hydrogen) atoms. The number of nitrogens with zero attached hydrogens (tertiary/aromatic N) is 1. The van der Waals surface area contributed by atoms with E-state index in [1.54, 1.807) is 0 Å². The average molecular weight is 324 g/mol. The first-order chi connectivity index (χ1) is 10.1. The van der Waals surface area contributed by atoms with Crippen molar-refractivity contribution in [3.05, 3.63) is 33.8 Å². The molecule has 3 nitrogen and oxygen atoms in total. The first-order valence-corrected chi connectivity index (χ1v) is 8.43. The van der Waals surface area contributed by atoms with Crippen LogP contribution in [-0.4, -0.2) is 12.0 Å². The van der Waals surface area contributed by atoms with E-state index in [2.05, 4.69) is 44.8 Å². The molecule has 1 rings (SSSR count). The number of hydrogen-bond acceptors (Lipinski definition) is 1. The van der Waals surface area contributed by atoms with Crippen LogP contribution in [0.3, 0.4) is 0 Å². The van der Waals surface area contributed by atoms with Crippen LogP contribution >= 0.6 is 11.6 Å². The van der Waals surface area contributed by atoms with E-state index in [9.17, 15) is 0 Å². The van der Waals surface area contributed by atoms with Crippen molar-refractivity contribution in [2.24, 2.45) is 16.5 Å². The summed E-state index contributed by atoms with van der Waals surface area (Å²) < 4.78 is 0. The van der Waals surface area contributed by atoms with Crippen molar-refractivity contribution in [1.29, 1.82) is 0 Å². The molecule has 0 fully saturated rings. The molecule has 0 aliphatic rings. The van der Waals surface area contributed by atoms with Crippen molar-refractivity contribution in [3.8, 4) is 0 Å². The third-order valence-electron chi connectivity index (χ3n) is 3.85. The Morgan fingerprint density at radius 2 is 1.91 bits per heavy atom. The molecule has 0 spiro atoms. The van der Waals surface area contributed by atoms with Crippen LogP contribution in [0.5, 0.6) is 0 Å². The predicted octanol–water partition coefficient (Wildman–Crippen LogP) is 4.18. The van der Waals surface area contributed by atoms with Crippen LogP contribution in [0.4, 0.5) is 0 Å². The van der Waals surface area contributed by atoms with Gasteiger partial charge in [0.15, 0.2) is 5.96 Å². The summed E-state index contributed by atoms with van der Waals surface area (Å²) in [5.74, 6) is 0.169. The normalized spacial score (nSPS) is 13.0. The molecule has 4 heteroatoms. The summed E-state index contributed by atoms with van der Waals surface area (Å²) in [5, 5.41) is 0.924. The average Bonchev–Trinajstić information content (AvgIpc) is 2.38. The van der Waals surface area contributed by atoms with Gasteiger partial charge in [-0.15, -0.1) is 0 Å². The Bertz CT molecular complexity index is 526. The van der Waals surface area contributed by atoms with Crippen LogP contribution in [0.1, 0.15) is 64.2 Å². The van der Waals surface area contributed by atoms with Gasteiger partial charge in [-0.3, -0.25) is 4.99 Å². The van der Waals surface area contributed by atoms with E-state index in [0.717, 1.165) is 30.7 Å². The lowest BCUT2D eigenvalue weighted by Crippen LogP contribution is -2.24. The topological polar surface area (TPSA) is 64.4 Å². The van der Waals surface area contributed by atoms with Crippen LogP contribution in [0.25, 0.3) is 0 Å². The molecule has 1 aromatic rings. The Kier molecular flexibility index (Phi) is 6.73. The maximum Gasteiger partial charge on any atom is 0.186 e. The van der Waals surface area contributed by atoms with Crippen LogP contribution < -0.4 is 11.5 Å². The van der Waals surface area contributed by atoms with E-state index in [1.807, 2.05) is 6.92 Å². The Hall–Kier alpha value is -1.22. The zero-order valence-corrected chi connectivity index (χ0v) is 15.3. The second kappa shape index (κ2) is 7.87. The molecule has 0 aliphatic heterocycles. The highest BCUT2D eigenvalue weighted by molar-refractivity contribution is 6.32. The van der Waals surface area contributed by atoms with Gasteiger partial charge in [0.05, 0.1) is 6.04 Å². The number of aryl methyl sites for hydroxylation is 2. The fourth-order valence-corrected chi connectivity index (χ4v) is 3.14. The molecular weight excluding hydrogens is 294 g/mol. The minimum Gasteiger partial charge on any atom is -0.370 e. The van der Waals surface area contributed by atoms with Crippen LogP contribution in [0.15, 0.2) is 17.1 Å². The highest BCUT2D eigenvalue weighted by Gasteiger charge is 2.20. The van der Waals surface area contributed by atoms with E-state index < -0.39 is 0 Å². The molecule has 0 saturated heterocycles. The minimum absolute atomic E-state index is 0.0581. The third kappa shape index (κ3) is 5.53. The van der Waals surface area contributed by atoms with Crippen molar-refractivity contribution < 1.29 is 0 Å². The molecular formula is C18H30ClN3. The lowest BCUT2D eigenvalue weighted by molar-refractivity contribution is 0.586. The largest absolute Gasteiger partial charge is 0.370 e. The second-order valence-corrected chi connectivity index (χ2v) is 7.39. The quantitative estimate of drug-likeness (QED) is 0.609.